The maximum Gasteiger partial charge on any atom is 0.320 e. The largest absolute Gasteiger partial charge is 0.480 e. The Balaban J connectivity index is 1.71. The van der Waals surface area contributed by atoms with E-state index < -0.39 is 36.6 Å². The number of aromatic nitrogens is 4. The molecule has 154 valence electrons. The Morgan fingerprint density at radius 2 is 2.04 bits per heavy atom. The number of aliphatic carboxylic acids is 1. The molecule has 6 atom stereocenters. The van der Waals surface area contributed by atoms with Crippen molar-refractivity contribution in [1.29, 1.82) is 0 Å². The highest BCUT2D eigenvalue weighted by molar-refractivity contribution is 5.81. The van der Waals surface area contributed by atoms with Gasteiger partial charge in [0.1, 0.15) is 30.1 Å². The van der Waals surface area contributed by atoms with Crippen LogP contribution < -0.4 is 11.5 Å². The van der Waals surface area contributed by atoms with Crippen LogP contribution in [0.5, 0.6) is 0 Å². The number of imidazole rings is 1. The van der Waals surface area contributed by atoms with Crippen molar-refractivity contribution in [1.82, 2.24) is 19.5 Å². The van der Waals surface area contributed by atoms with Crippen molar-refractivity contribution in [2.45, 2.75) is 63.2 Å². The molecule has 1 aliphatic heterocycles. The van der Waals surface area contributed by atoms with Gasteiger partial charge < -0.3 is 31.5 Å². The second-order valence-electron chi connectivity index (χ2n) is 7.16. The molecule has 1 fully saturated rings. The van der Waals surface area contributed by atoms with Crippen LogP contribution in [0.25, 0.3) is 11.2 Å². The molecule has 11 heteroatoms. The molecule has 0 amide bonds. The summed E-state index contributed by atoms with van der Waals surface area (Å²) in [5.41, 5.74) is 12.2. The van der Waals surface area contributed by atoms with Crippen LogP contribution in [0.3, 0.4) is 0 Å². The van der Waals surface area contributed by atoms with Gasteiger partial charge in [-0.25, -0.2) is 15.0 Å². The molecule has 1 aliphatic rings. The Morgan fingerprint density at radius 1 is 1.29 bits per heavy atom. The summed E-state index contributed by atoms with van der Waals surface area (Å²) in [5, 5.41) is 29.9. The van der Waals surface area contributed by atoms with Crippen molar-refractivity contribution in [3.63, 3.8) is 0 Å². The number of carboxylic acid groups (broad SMARTS) is 1. The molecule has 0 bridgehead atoms. The van der Waals surface area contributed by atoms with Gasteiger partial charge in [0.15, 0.2) is 17.7 Å². The summed E-state index contributed by atoms with van der Waals surface area (Å²) in [6.45, 7) is 1.98. The number of ether oxygens (including phenoxy) is 1. The Labute approximate surface area is 161 Å². The number of aliphatic hydroxyl groups is 2. The number of hydrogen-bond donors (Lipinski definition) is 5. The second kappa shape index (κ2) is 8.35. The van der Waals surface area contributed by atoms with Crippen LogP contribution >= 0.6 is 0 Å². The van der Waals surface area contributed by atoms with Crippen LogP contribution in [0.1, 0.15) is 38.8 Å². The van der Waals surface area contributed by atoms with Crippen molar-refractivity contribution in [3.8, 4) is 0 Å². The number of nitrogens with two attached hydrogens (primary N) is 2. The first-order valence-corrected chi connectivity index (χ1v) is 9.26. The molecule has 1 saturated heterocycles. The lowest BCUT2D eigenvalue weighted by atomic mass is 9.90. The van der Waals surface area contributed by atoms with Gasteiger partial charge in [0.25, 0.3) is 0 Å². The van der Waals surface area contributed by atoms with E-state index in [2.05, 4.69) is 15.0 Å². The van der Waals surface area contributed by atoms with Gasteiger partial charge in [-0.15, -0.1) is 0 Å². The predicted octanol–water partition coefficient (Wildman–Crippen LogP) is -0.364. The van der Waals surface area contributed by atoms with Crippen LogP contribution in [0.15, 0.2) is 12.7 Å². The highest BCUT2D eigenvalue weighted by Gasteiger charge is 2.44. The van der Waals surface area contributed by atoms with Crippen LogP contribution in [0.4, 0.5) is 5.82 Å². The number of nitrogens with zero attached hydrogens (tertiary/aromatic N) is 4. The van der Waals surface area contributed by atoms with E-state index in [1.807, 2.05) is 6.92 Å². The topological polar surface area (TPSA) is 183 Å². The number of carbonyl (C=O) groups is 1. The Morgan fingerprint density at radius 3 is 2.71 bits per heavy atom. The maximum atomic E-state index is 10.9. The quantitative estimate of drug-likeness (QED) is 0.396. The van der Waals surface area contributed by atoms with Crippen LogP contribution in [0.2, 0.25) is 0 Å². The standard InChI is InChI=1S/C17H26N6O5/c1-2-8(3-4-9(18)17(26)27)5-10-12(24)13(25)16(28-10)23-7-22-11-14(19)20-6-21-15(11)23/h6-10,12-13,16,24-25H,2-5,18H2,1H3,(H,26,27)(H2,19,20,21)/t8-,9?,10+,12?,13-,16+/m0/s1. The predicted molar refractivity (Wildman–Crippen MR) is 98.9 cm³/mol. The van der Waals surface area contributed by atoms with E-state index in [4.69, 9.17) is 21.3 Å². The first-order chi connectivity index (χ1) is 13.3. The van der Waals surface area contributed by atoms with Gasteiger partial charge >= 0.3 is 5.97 Å². The SMILES string of the molecule is CC[C@@H](CCC(N)C(=O)O)C[C@H]1O[C@@H](n2cnc3c(N)ncnc32)[C@@H](O)C1O. The Bertz CT molecular complexity index is 829. The Kier molecular flexibility index (Phi) is 6.08. The van der Waals surface area contributed by atoms with Crippen LogP contribution in [-0.2, 0) is 9.53 Å². The summed E-state index contributed by atoms with van der Waals surface area (Å²) in [6.07, 6.45) is 1.19. The van der Waals surface area contributed by atoms with E-state index in [0.717, 1.165) is 6.42 Å². The van der Waals surface area contributed by atoms with E-state index >= 15 is 0 Å². The van der Waals surface area contributed by atoms with E-state index in [9.17, 15) is 15.0 Å². The fourth-order valence-corrected chi connectivity index (χ4v) is 3.57. The molecule has 28 heavy (non-hydrogen) atoms. The summed E-state index contributed by atoms with van der Waals surface area (Å²) in [4.78, 5) is 23.1. The van der Waals surface area contributed by atoms with Crippen LogP contribution in [-0.4, -0.2) is 65.2 Å². The monoisotopic (exact) mass is 394 g/mol. The number of rotatable bonds is 8. The third kappa shape index (κ3) is 3.92. The summed E-state index contributed by atoms with van der Waals surface area (Å²) in [5.74, 6) is -0.710. The van der Waals surface area contributed by atoms with Gasteiger partial charge in [0.05, 0.1) is 12.4 Å². The second-order valence-corrected chi connectivity index (χ2v) is 7.16. The number of fused-ring (bicyclic) bond motifs is 1. The highest BCUT2D eigenvalue weighted by atomic mass is 16.6. The molecule has 2 aromatic heterocycles. The molecule has 0 aromatic carbocycles. The molecule has 3 rings (SSSR count). The average molecular weight is 394 g/mol. The van der Waals surface area contributed by atoms with E-state index in [1.165, 1.54) is 17.2 Å². The molecular formula is C17H26N6O5. The molecule has 0 aliphatic carbocycles. The molecule has 11 nitrogen and oxygen atoms in total. The minimum absolute atomic E-state index is 0.105. The van der Waals surface area contributed by atoms with Gasteiger partial charge in [-0.1, -0.05) is 13.3 Å². The maximum absolute atomic E-state index is 10.9. The molecular weight excluding hydrogens is 368 g/mol. The van der Waals surface area contributed by atoms with Crippen molar-refractivity contribution >= 4 is 23.0 Å². The zero-order valence-corrected chi connectivity index (χ0v) is 15.5. The average Bonchev–Trinajstić information content (AvgIpc) is 3.21. The molecule has 7 N–H and O–H groups in total. The molecule has 0 saturated carbocycles. The molecule has 2 unspecified atom stereocenters. The number of hydrogen-bond acceptors (Lipinski definition) is 9. The van der Waals surface area contributed by atoms with Gasteiger partial charge in [0, 0.05) is 0 Å². The van der Waals surface area contributed by atoms with Crippen molar-refractivity contribution < 1.29 is 24.9 Å². The molecule has 2 aromatic rings. The van der Waals surface area contributed by atoms with Crippen molar-refractivity contribution in [2.24, 2.45) is 11.7 Å². The molecule has 0 radical (unpaired) electrons. The third-order valence-electron chi connectivity index (χ3n) is 5.34. The fourth-order valence-electron chi connectivity index (χ4n) is 3.57. The van der Waals surface area contributed by atoms with Crippen molar-refractivity contribution in [2.75, 3.05) is 5.73 Å². The summed E-state index contributed by atoms with van der Waals surface area (Å²) in [7, 11) is 0. The first-order valence-electron chi connectivity index (χ1n) is 9.26. The molecule has 3 heterocycles. The summed E-state index contributed by atoms with van der Waals surface area (Å²) in [6, 6.07) is -0.913. The number of aliphatic hydroxyl groups excluding tert-OH is 2. The lowest BCUT2D eigenvalue weighted by Crippen LogP contribution is -2.33. The zero-order chi connectivity index (χ0) is 20.4. The fraction of sp³-hybridized carbons (Fsp3) is 0.647. The minimum Gasteiger partial charge on any atom is -0.480 e. The van der Waals surface area contributed by atoms with Crippen molar-refractivity contribution in [3.05, 3.63) is 12.7 Å². The third-order valence-corrected chi connectivity index (χ3v) is 5.34. The zero-order valence-electron chi connectivity index (χ0n) is 15.5. The van der Waals surface area contributed by atoms with E-state index in [0.29, 0.717) is 30.4 Å². The van der Waals surface area contributed by atoms with E-state index in [-0.39, 0.29) is 11.7 Å². The van der Waals surface area contributed by atoms with E-state index in [1.54, 1.807) is 0 Å². The summed E-state index contributed by atoms with van der Waals surface area (Å²) < 4.78 is 7.47. The number of anilines is 1. The smallest absolute Gasteiger partial charge is 0.320 e. The Hall–Kier alpha value is -2.34. The van der Waals surface area contributed by atoms with Gasteiger partial charge in [0.2, 0.25) is 0 Å². The summed E-state index contributed by atoms with van der Waals surface area (Å²) >= 11 is 0. The normalized spacial score (nSPS) is 27.1. The van der Waals surface area contributed by atoms with Gasteiger partial charge in [-0.05, 0) is 25.2 Å². The van der Waals surface area contributed by atoms with Crippen LogP contribution in [0, 0.1) is 5.92 Å². The lowest BCUT2D eigenvalue weighted by Gasteiger charge is -2.22. The highest BCUT2D eigenvalue weighted by Crippen LogP contribution is 2.35. The first kappa shape index (κ1) is 20.4. The molecule has 0 spiro atoms. The lowest BCUT2D eigenvalue weighted by molar-refractivity contribution is -0.138. The minimum atomic E-state index is -1.17. The van der Waals surface area contributed by atoms with Gasteiger partial charge in [-0.2, -0.15) is 0 Å². The number of carboxylic acids is 1. The number of nitrogen functional groups attached to an aromatic ring is 1. The van der Waals surface area contributed by atoms with Gasteiger partial charge in [-0.3, -0.25) is 9.36 Å².